The van der Waals surface area contributed by atoms with Crippen LogP contribution in [0.2, 0.25) is 0 Å². The van der Waals surface area contributed by atoms with E-state index in [1.807, 2.05) is 24.3 Å². The van der Waals surface area contributed by atoms with Crippen LogP contribution in [-0.4, -0.2) is 23.9 Å². The zero-order valence-electron chi connectivity index (χ0n) is 17.8. The van der Waals surface area contributed by atoms with Crippen molar-refractivity contribution in [3.63, 3.8) is 0 Å². The molecule has 5 heteroatoms. The number of amides is 1. The minimum absolute atomic E-state index is 0.0560. The van der Waals surface area contributed by atoms with Gasteiger partial charge in [-0.05, 0) is 67.5 Å². The highest BCUT2D eigenvalue weighted by Crippen LogP contribution is 2.30. The van der Waals surface area contributed by atoms with Crippen molar-refractivity contribution >= 4 is 22.7 Å². The summed E-state index contributed by atoms with van der Waals surface area (Å²) in [6.45, 7) is 3.14. The molecule has 30 heavy (non-hydrogen) atoms. The molecule has 1 aromatic heterocycles. The summed E-state index contributed by atoms with van der Waals surface area (Å²) in [6, 6.07) is 14.2. The fraction of sp³-hybridized carbons (Fsp3) is 0.400. The summed E-state index contributed by atoms with van der Waals surface area (Å²) in [4.78, 5) is 12.3. The number of nitrogens with one attached hydrogen (secondary N) is 1. The largest absolute Gasteiger partial charge is 0.496 e. The molecule has 0 spiro atoms. The lowest BCUT2D eigenvalue weighted by molar-refractivity contribution is 0.114. The van der Waals surface area contributed by atoms with Crippen LogP contribution >= 0.6 is 0 Å². The lowest BCUT2D eigenvalue weighted by atomic mass is 10.0. The summed E-state index contributed by atoms with van der Waals surface area (Å²) in [6.07, 6.45) is 7.97. The van der Waals surface area contributed by atoms with Crippen molar-refractivity contribution in [3.05, 3.63) is 59.8 Å². The third-order valence-electron chi connectivity index (χ3n) is 5.82. The molecular formula is C25H30N2O3. The zero-order valence-corrected chi connectivity index (χ0v) is 17.8. The summed E-state index contributed by atoms with van der Waals surface area (Å²) >= 11 is 0. The van der Waals surface area contributed by atoms with Gasteiger partial charge < -0.3 is 14.0 Å². The normalized spacial score (nSPS) is 14.2. The molecule has 0 radical (unpaired) electrons. The van der Waals surface area contributed by atoms with Crippen LogP contribution in [0.3, 0.4) is 0 Å². The van der Waals surface area contributed by atoms with Crippen molar-refractivity contribution in [2.24, 2.45) is 0 Å². The molecule has 5 nitrogen and oxygen atoms in total. The second-order valence-corrected chi connectivity index (χ2v) is 8.01. The van der Waals surface area contributed by atoms with Gasteiger partial charge in [-0.25, -0.2) is 4.79 Å². The number of carbonyl (C=O) groups excluding carboxylic acids is 1. The van der Waals surface area contributed by atoms with E-state index in [1.165, 1.54) is 11.1 Å². The zero-order chi connectivity index (χ0) is 20.9. The van der Waals surface area contributed by atoms with Gasteiger partial charge in [-0.1, -0.05) is 25.1 Å². The maximum atomic E-state index is 12.3. The Labute approximate surface area is 178 Å². The van der Waals surface area contributed by atoms with Crippen molar-refractivity contribution in [2.75, 3.05) is 12.4 Å². The average molecular weight is 407 g/mol. The van der Waals surface area contributed by atoms with E-state index in [0.717, 1.165) is 67.5 Å². The first kappa shape index (κ1) is 20.3. The van der Waals surface area contributed by atoms with Crippen LogP contribution in [-0.2, 0) is 17.7 Å². The quantitative estimate of drug-likeness (QED) is 0.512. The minimum Gasteiger partial charge on any atom is -0.496 e. The van der Waals surface area contributed by atoms with Gasteiger partial charge in [-0.15, -0.1) is 0 Å². The molecule has 158 valence electrons. The number of methoxy groups -OCH3 is 1. The van der Waals surface area contributed by atoms with E-state index in [9.17, 15) is 4.79 Å². The second kappa shape index (κ2) is 9.24. The van der Waals surface area contributed by atoms with Crippen molar-refractivity contribution in [1.29, 1.82) is 0 Å². The van der Waals surface area contributed by atoms with Crippen LogP contribution in [0.5, 0.6) is 5.75 Å². The van der Waals surface area contributed by atoms with Gasteiger partial charge >= 0.3 is 6.09 Å². The first-order valence-corrected chi connectivity index (χ1v) is 10.9. The number of fused-ring (bicyclic) bond motifs is 1. The number of hydrogen-bond donors (Lipinski definition) is 1. The van der Waals surface area contributed by atoms with Crippen LogP contribution in [0.1, 0.15) is 50.2 Å². The minimum atomic E-state index is -0.361. The van der Waals surface area contributed by atoms with E-state index in [1.54, 1.807) is 7.11 Å². The van der Waals surface area contributed by atoms with E-state index >= 15 is 0 Å². The van der Waals surface area contributed by atoms with Crippen LogP contribution < -0.4 is 10.1 Å². The first-order valence-electron chi connectivity index (χ1n) is 10.9. The number of ether oxygens (including phenoxy) is 2. The molecular weight excluding hydrogens is 376 g/mol. The van der Waals surface area contributed by atoms with Gasteiger partial charge in [-0.3, -0.25) is 5.32 Å². The number of rotatable bonds is 7. The Morgan fingerprint density at radius 3 is 2.70 bits per heavy atom. The lowest BCUT2D eigenvalue weighted by Gasteiger charge is -2.12. The van der Waals surface area contributed by atoms with Crippen molar-refractivity contribution < 1.29 is 14.3 Å². The maximum absolute atomic E-state index is 12.3. The van der Waals surface area contributed by atoms with Crippen LogP contribution in [0.4, 0.5) is 10.5 Å². The molecule has 1 N–H and O–H groups in total. The molecule has 1 aliphatic rings. The van der Waals surface area contributed by atoms with Crippen molar-refractivity contribution in [3.8, 4) is 5.75 Å². The monoisotopic (exact) mass is 406 g/mol. The summed E-state index contributed by atoms with van der Waals surface area (Å²) in [5.41, 5.74) is 4.31. The number of aromatic nitrogens is 1. The SMILES string of the molecule is CCCn1cc(Cc2ccccc2OC)c2cc(NC(=O)OC3CCCC3)ccc21. The molecule has 1 aliphatic carbocycles. The Hall–Kier alpha value is -2.95. The van der Waals surface area contributed by atoms with E-state index in [0.29, 0.717) is 0 Å². The Bertz CT molecular complexity index is 1020. The van der Waals surface area contributed by atoms with Crippen molar-refractivity contribution in [1.82, 2.24) is 4.57 Å². The number of nitrogens with zero attached hydrogens (tertiary/aromatic N) is 1. The third-order valence-corrected chi connectivity index (χ3v) is 5.82. The number of aryl methyl sites for hydroxylation is 1. The summed E-state index contributed by atoms with van der Waals surface area (Å²) in [5.74, 6) is 0.892. The molecule has 1 amide bonds. The molecule has 1 fully saturated rings. The van der Waals surface area contributed by atoms with E-state index < -0.39 is 0 Å². The molecule has 3 aromatic rings. The smallest absolute Gasteiger partial charge is 0.411 e. The number of anilines is 1. The Balaban J connectivity index is 1.61. The number of hydrogen-bond acceptors (Lipinski definition) is 3. The number of benzene rings is 2. The molecule has 1 heterocycles. The van der Waals surface area contributed by atoms with E-state index in [2.05, 4.69) is 41.2 Å². The van der Waals surface area contributed by atoms with Crippen LogP contribution in [0.15, 0.2) is 48.7 Å². The Morgan fingerprint density at radius 1 is 1.13 bits per heavy atom. The number of carbonyl (C=O) groups is 1. The first-order chi connectivity index (χ1) is 14.7. The highest BCUT2D eigenvalue weighted by Gasteiger charge is 2.19. The third kappa shape index (κ3) is 4.45. The second-order valence-electron chi connectivity index (χ2n) is 8.01. The van der Waals surface area contributed by atoms with Gasteiger partial charge in [0.1, 0.15) is 11.9 Å². The molecule has 0 unspecified atom stereocenters. The Morgan fingerprint density at radius 2 is 1.93 bits per heavy atom. The number of para-hydroxylation sites is 1. The van der Waals surface area contributed by atoms with E-state index in [-0.39, 0.29) is 12.2 Å². The highest BCUT2D eigenvalue weighted by atomic mass is 16.6. The Kier molecular flexibility index (Phi) is 6.26. The standard InChI is InChI=1S/C25H30N2O3/c1-3-14-27-17-19(15-18-8-4-7-11-24(18)29-2)22-16-20(12-13-23(22)27)26-25(28)30-21-9-5-6-10-21/h4,7-8,11-13,16-17,21H,3,5-6,9-10,14-15H2,1-2H3,(H,26,28). The topological polar surface area (TPSA) is 52.5 Å². The van der Waals surface area contributed by atoms with Gasteiger partial charge in [-0.2, -0.15) is 0 Å². The predicted octanol–water partition coefficient (Wildman–Crippen LogP) is 6.14. The molecule has 0 bridgehead atoms. The molecule has 0 atom stereocenters. The molecule has 0 aliphatic heterocycles. The average Bonchev–Trinajstić information content (AvgIpc) is 3.37. The predicted molar refractivity (Wildman–Crippen MR) is 120 cm³/mol. The van der Waals surface area contributed by atoms with Crippen molar-refractivity contribution in [2.45, 2.75) is 58.1 Å². The molecule has 4 rings (SSSR count). The fourth-order valence-electron chi connectivity index (χ4n) is 4.37. The summed E-state index contributed by atoms with van der Waals surface area (Å²) in [7, 11) is 1.71. The molecule has 1 saturated carbocycles. The summed E-state index contributed by atoms with van der Waals surface area (Å²) in [5, 5.41) is 4.07. The van der Waals surface area contributed by atoms with Crippen LogP contribution in [0.25, 0.3) is 10.9 Å². The molecule has 2 aromatic carbocycles. The molecule has 0 saturated heterocycles. The maximum Gasteiger partial charge on any atom is 0.411 e. The summed E-state index contributed by atoms with van der Waals surface area (Å²) < 4.78 is 13.4. The van der Waals surface area contributed by atoms with Gasteiger partial charge in [0.05, 0.1) is 7.11 Å². The lowest BCUT2D eigenvalue weighted by Crippen LogP contribution is -2.20. The van der Waals surface area contributed by atoms with E-state index in [4.69, 9.17) is 9.47 Å². The van der Waals surface area contributed by atoms with Crippen LogP contribution in [0, 0.1) is 0 Å². The van der Waals surface area contributed by atoms with Gasteiger partial charge in [0.15, 0.2) is 0 Å². The van der Waals surface area contributed by atoms with Gasteiger partial charge in [0.25, 0.3) is 0 Å². The van der Waals surface area contributed by atoms with Gasteiger partial charge in [0.2, 0.25) is 0 Å². The fourth-order valence-corrected chi connectivity index (χ4v) is 4.37. The van der Waals surface area contributed by atoms with Gasteiger partial charge in [0, 0.05) is 35.8 Å². The highest BCUT2D eigenvalue weighted by molar-refractivity contribution is 5.92.